The number of nitrogen functional groups attached to an aromatic ring is 1. The smallest absolute Gasteiger partial charge is 0.756 e. The van der Waals surface area contributed by atoms with E-state index in [2.05, 4.69) is 34.2 Å². The molecule has 2 fully saturated rings. The molecule has 25 heteroatoms. The predicted molar refractivity (Wildman–Crippen MR) is 159 cm³/mol. The Kier molecular flexibility index (Phi) is 13.6. The van der Waals surface area contributed by atoms with E-state index < -0.39 is 83.8 Å². The minimum Gasteiger partial charge on any atom is -0.756 e. The third-order valence-corrected chi connectivity index (χ3v) is 10.8. The van der Waals surface area contributed by atoms with Gasteiger partial charge in [0.15, 0.2) is 46.9 Å². The topological polar surface area (TPSA) is 324 Å². The Morgan fingerprint density at radius 2 is 1.72 bits per heavy atom. The molecule has 5 rings (SSSR count). The number of aliphatic hydroxyl groups is 4. The molecule has 266 valence electrons. The first-order chi connectivity index (χ1) is 23.1. The number of fused-ring (bicyclic) bond motifs is 1. The summed E-state index contributed by atoms with van der Waals surface area (Å²) in [5.74, 6) is 2.10. The Hall–Kier alpha value is -2.10. The van der Waals surface area contributed by atoms with E-state index in [0.29, 0.717) is 12.2 Å². The number of pyridine rings is 1. The van der Waals surface area contributed by atoms with Gasteiger partial charge in [0.2, 0.25) is 0 Å². The Balaban J connectivity index is 0.00000562. The minimum absolute atomic E-state index is 0. The normalized spacial score (nSPS) is 28.8. The number of amides is 1. The molecule has 2 saturated heterocycles. The molecule has 3 aromatic rings. The first kappa shape index (κ1) is 40.7. The summed E-state index contributed by atoms with van der Waals surface area (Å²) in [6.07, 6.45) is -3.05. The van der Waals surface area contributed by atoms with Crippen molar-refractivity contribution in [3.8, 4) is 12.3 Å². The Morgan fingerprint density at radius 1 is 1.08 bits per heavy atom. The van der Waals surface area contributed by atoms with E-state index in [4.69, 9.17) is 27.4 Å². The van der Waals surface area contributed by atoms with Gasteiger partial charge in [-0.2, -0.15) is 4.57 Å². The number of phosphoric acid groups is 2. The number of carbonyl (C=O) groups is 1. The number of ether oxygens (including phenoxy) is 2. The Bertz CT molecular complexity index is 1840. The van der Waals surface area contributed by atoms with Crippen molar-refractivity contribution in [1.82, 2.24) is 19.5 Å². The van der Waals surface area contributed by atoms with Gasteiger partial charge in [-0.15, -0.1) is 12.3 Å². The van der Waals surface area contributed by atoms with Crippen molar-refractivity contribution in [2.75, 3.05) is 24.7 Å². The molecule has 2 unspecified atom stereocenters. The van der Waals surface area contributed by atoms with Crippen molar-refractivity contribution in [3.63, 3.8) is 0 Å². The number of thioether (sulfide) groups is 1. The number of terminal acetylenes is 1. The summed E-state index contributed by atoms with van der Waals surface area (Å²) < 4.78 is 51.9. The number of rotatable bonds is 14. The van der Waals surface area contributed by atoms with Gasteiger partial charge in [-0.3, -0.25) is 18.5 Å². The van der Waals surface area contributed by atoms with E-state index in [0.717, 1.165) is 6.33 Å². The molecule has 2 aliphatic heterocycles. The number of phosphoric ester groups is 2. The molecule has 8 N–H and O–H groups in total. The van der Waals surface area contributed by atoms with E-state index in [1.807, 2.05) is 0 Å². The first-order valence-corrected chi connectivity index (χ1v) is 18.0. The van der Waals surface area contributed by atoms with Gasteiger partial charge in [-0.1, -0.05) is 11.8 Å². The van der Waals surface area contributed by atoms with Gasteiger partial charge < -0.3 is 60.2 Å². The van der Waals surface area contributed by atoms with E-state index in [9.17, 15) is 44.1 Å². The number of primary amides is 1. The standard InChI is InChI=1S/C25H31N7O14P2S.Na/c1-2-3-7-49-25-30-15-20(26)28-11-29-22(15)32(25)24-19(36)17(34)14(45-24)10-43-48(40,41)46-47(38,39)42-9-13-16(33)18(35)23(44-13)31-6-4-5-12(8-31)21(27)37;/h1,4-6,8,11,13-14,16-19,23-24,33-36H,3,7,9-10H2,(H5-,26,27,28,29,37,38,39,40,41);/q;+1/p-1/t13-,14-,16-,17-,18-,19-,23-,24-;/m1./s1. The zero-order valence-corrected chi connectivity index (χ0v) is 30.6. The van der Waals surface area contributed by atoms with Crippen LogP contribution in [0, 0.1) is 12.3 Å². The number of hydrogen-bond donors (Lipinski definition) is 6. The molecule has 21 nitrogen and oxygen atoms in total. The average molecular weight is 770 g/mol. The summed E-state index contributed by atoms with van der Waals surface area (Å²) in [6.45, 7) is -2.02. The van der Waals surface area contributed by atoms with Crippen LogP contribution in [0.4, 0.5) is 5.82 Å². The van der Waals surface area contributed by atoms with Crippen LogP contribution < -0.4 is 55.4 Å². The molecule has 3 aromatic heterocycles. The summed E-state index contributed by atoms with van der Waals surface area (Å²) >= 11 is 1.17. The van der Waals surface area contributed by atoms with Crippen molar-refractivity contribution < 1.29 is 101 Å². The van der Waals surface area contributed by atoms with Crippen LogP contribution in [0.1, 0.15) is 29.2 Å². The quantitative estimate of drug-likeness (QED) is 0.0222. The van der Waals surface area contributed by atoms with Crippen molar-refractivity contribution in [1.29, 1.82) is 0 Å². The maximum atomic E-state index is 12.5. The van der Waals surface area contributed by atoms with Crippen LogP contribution in [0.25, 0.3) is 11.2 Å². The molecular weight excluding hydrogens is 739 g/mol. The maximum absolute atomic E-state index is 12.5. The fraction of sp³-hybridized carbons (Fsp3) is 0.480. The van der Waals surface area contributed by atoms with Gasteiger partial charge in [0.1, 0.15) is 42.4 Å². The predicted octanol–water partition coefficient (Wildman–Crippen LogP) is -6.16. The summed E-state index contributed by atoms with van der Waals surface area (Å²) in [6, 6.07) is 2.80. The largest absolute Gasteiger partial charge is 1.00 e. The second-order valence-corrected chi connectivity index (χ2v) is 14.6. The van der Waals surface area contributed by atoms with Gasteiger partial charge in [0, 0.05) is 18.2 Å². The molecule has 2 aliphatic rings. The van der Waals surface area contributed by atoms with Gasteiger partial charge in [-0.05, 0) is 6.07 Å². The molecule has 50 heavy (non-hydrogen) atoms. The number of aliphatic hydroxyl groups excluding tert-OH is 4. The van der Waals surface area contributed by atoms with Crippen molar-refractivity contribution in [3.05, 3.63) is 36.4 Å². The number of carbonyl (C=O) groups excluding carboxylic acids is 1. The fourth-order valence-corrected chi connectivity index (χ4v) is 7.83. The SMILES string of the molecule is C#CCCSc1nc2c(N)ncnc2n1[C@@H]1O[C@H](COP(=O)([O-])OP(=O)([O-])OC[C@H]2O[C@@H]([n+]3cccc(C(N)=O)c3)[C@H](O)[C@@H]2O)[C@@H](O)[C@H]1O.[Na+]. The van der Waals surface area contributed by atoms with Gasteiger partial charge in [0.05, 0.1) is 13.2 Å². The zero-order valence-electron chi connectivity index (χ0n) is 26.0. The second kappa shape index (κ2) is 16.7. The van der Waals surface area contributed by atoms with Crippen molar-refractivity contribution in [2.24, 2.45) is 5.73 Å². The number of anilines is 1. The molecule has 0 radical (unpaired) electrons. The van der Waals surface area contributed by atoms with Crippen LogP contribution in [0.2, 0.25) is 0 Å². The van der Waals surface area contributed by atoms with Crippen molar-refractivity contribution in [2.45, 2.75) is 60.7 Å². The molecule has 5 heterocycles. The second-order valence-electron chi connectivity index (χ2n) is 10.6. The van der Waals surface area contributed by atoms with E-state index >= 15 is 0 Å². The molecule has 0 bridgehead atoms. The van der Waals surface area contributed by atoms with E-state index in [1.165, 1.54) is 45.4 Å². The zero-order chi connectivity index (χ0) is 35.7. The monoisotopic (exact) mass is 769 g/mol. The molecule has 10 atom stereocenters. The van der Waals surface area contributed by atoms with Crippen LogP contribution in [-0.4, -0.2) is 101 Å². The van der Waals surface area contributed by atoms with Gasteiger partial charge in [0.25, 0.3) is 27.8 Å². The summed E-state index contributed by atoms with van der Waals surface area (Å²) in [5.41, 5.74) is 11.5. The van der Waals surface area contributed by atoms with Gasteiger partial charge >= 0.3 is 29.6 Å². The Labute approximate surface area is 309 Å². The molecule has 1 amide bonds. The number of nitrogens with zero attached hydrogens (tertiary/aromatic N) is 5. The summed E-state index contributed by atoms with van der Waals surface area (Å²) in [4.78, 5) is 48.7. The van der Waals surface area contributed by atoms with Crippen LogP contribution >= 0.6 is 27.4 Å². The third-order valence-electron chi connectivity index (χ3n) is 7.27. The number of aromatic nitrogens is 5. The molecule has 0 aromatic carbocycles. The molecule has 0 aliphatic carbocycles. The average Bonchev–Trinajstić information content (AvgIpc) is 3.65. The number of nitrogens with two attached hydrogens (primary N) is 2. The number of hydrogen-bond acceptors (Lipinski definition) is 19. The van der Waals surface area contributed by atoms with Gasteiger partial charge in [-0.25, -0.2) is 19.3 Å². The van der Waals surface area contributed by atoms with Crippen LogP contribution in [0.5, 0.6) is 0 Å². The summed E-state index contributed by atoms with van der Waals surface area (Å²) in [7, 11) is -11.5. The Morgan fingerprint density at radius 3 is 2.36 bits per heavy atom. The van der Waals surface area contributed by atoms with E-state index in [1.54, 1.807) is 0 Å². The van der Waals surface area contributed by atoms with Crippen LogP contribution in [-0.2, 0) is 32.0 Å². The summed E-state index contributed by atoms with van der Waals surface area (Å²) in [5, 5.41) is 42.5. The number of imidazole rings is 1. The molecular formula is C25H30N7NaO14P2S. The molecule has 0 spiro atoms. The fourth-order valence-electron chi connectivity index (χ4n) is 4.93. The van der Waals surface area contributed by atoms with Crippen molar-refractivity contribution >= 4 is 50.3 Å². The first-order valence-electron chi connectivity index (χ1n) is 14.1. The van der Waals surface area contributed by atoms with E-state index in [-0.39, 0.29) is 57.3 Å². The third kappa shape index (κ3) is 9.09. The maximum Gasteiger partial charge on any atom is 1.00 e. The minimum atomic E-state index is -5.73. The van der Waals surface area contributed by atoms with Crippen LogP contribution in [0.15, 0.2) is 36.0 Å². The van der Waals surface area contributed by atoms with Crippen LogP contribution in [0.3, 0.4) is 0 Å². The molecule has 0 saturated carbocycles.